The lowest BCUT2D eigenvalue weighted by Gasteiger charge is -2.45. The van der Waals surface area contributed by atoms with Crippen molar-refractivity contribution in [1.29, 1.82) is 0 Å². The van der Waals surface area contributed by atoms with Crippen molar-refractivity contribution in [2.75, 3.05) is 13.1 Å². The monoisotopic (exact) mass is 210 g/mol. The predicted octanol–water partition coefficient (Wildman–Crippen LogP) is 2.24. The fourth-order valence-corrected chi connectivity index (χ4v) is 2.90. The van der Waals surface area contributed by atoms with Gasteiger partial charge in [-0.1, -0.05) is 13.8 Å². The molecule has 14 heavy (non-hydrogen) atoms. The van der Waals surface area contributed by atoms with Crippen molar-refractivity contribution >= 4 is 11.3 Å². The van der Waals surface area contributed by atoms with Crippen LogP contribution in [-0.2, 0) is 6.42 Å². The van der Waals surface area contributed by atoms with Gasteiger partial charge in [-0.25, -0.2) is 4.98 Å². The Morgan fingerprint density at radius 2 is 2.29 bits per heavy atom. The number of thiazole rings is 1. The summed E-state index contributed by atoms with van der Waals surface area (Å²) in [5.41, 5.74) is 1.64. The minimum Gasteiger partial charge on any atom is -0.315 e. The molecule has 1 aromatic heterocycles. The van der Waals surface area contributed by atoms with Crippen LogP contribution in [0, 0.1) is 18.3 Å². The molecule has 1 N–H and O–H groups in total. The van der Waals surface area contributed by atoms with Gasteiger partial charge in [-0.15, -0.1) is 11.3 Å². The highest BCUT2D eigenvalue weighted by molar-refractivity contribution is 7.09. The Balaban J connectivity index is 2.08. The minimum atomic E-state index is 0.476. The van der Waals surface area contributed by atoms with E-state index in [0.717, 1.165) is 31.1 Å². The van der Waals surface area contributed by atoms with Crippen molar-refractivity contribution < 1.29 is 0 Å². The number of aromatic nitrogens is 1. The molecule has 3 heteroatoms. The molecule has 1 aromatic rings. The van der Waals surface area contributed by atoms with Crippen molar-refractivity contribution in [3.63, 3.8) is 0 Å². The maximum atomic E-state index is 4.55. The zero-order valence-electron chi connectivity index (χ0n) is 9.13. The van der Waals surface area contributed by atoms with E-state index in [2.05, 4.69) is 36.5 Å². The molecule has 1 fully saturated rings. The van der Waals surface area contributed by atoms with Gasteiger partial charge in [0.15, 0.2) is 0 Å². The molecule has 0 atom stereocenters. The SMILES string of the molecule is Cc1csc(CC2(C(C)C)CNC2)n1. The third-order valence-corrected chi connectivity index (χ3v) is 4.32. The van der Waals surface area contributed by atoms with Crippen molar-refractivity contribution in [3.8, 4) is 0 Å². The van der Waals surface area contributed by atoms with Crippen LogP contribution in [0.15, 0.2) is 5.38 Å². The summed E-state index contributed by atoms with van der Waals surface area (Å²) < 4.78 is 0. The first-order chi connectivity index (χ1) is 6.62. The highest BCUT2D eigenvalue weighted by Gasteiger charge is 2.40. The third-order valence-electron chi connectivity index (χ3n) is 3.35. The lowest BCUT2D eigenvalue weighted by molar-refractivity contribution is 0.0993. The molecule has 0 bridgehead atoms. The van der Waals surface area contributed by atoms with Gasteiger partial charge in [0.2, 0.25) is 0 Å². The van der Waals surface area contributed by atoms with E-state index in [1.54, 1.807) is 11.3 Å². The van der Waals surface area contributed by atoms with Crippen molar-refractivity contribution in [3.05, 3.63) is 16.1 Å². The van der Waals surface area contributed by atoms with Gasteiger partial charge in [-0.2, -0.15) is 0 Å². The van der Waals surface area contributed by atoms with E-state index in [1.165, 1.54) is 5.01 Å². The van der Waals surface area contributed by atoms with Crippen LogP contribution in [0.3, 0.4) is 0 Å². The first-order valence-electron chi connectivity index (χ1n) is 5.24. The van der Waals surface area contributed by atoms with Crippen molar-refractivity contribution in [2.24, 2.45) is 11.3 Å². The summed E-state index contributed by atoms with van der Waals surface area (Å²) >= 11 is 1.80. The number of hydrogen-bond acceptors (Lipinski definition) is 3. The van der Waals surface area contributed by atoms with E-state index in [4.69, 9.17) is 0 Å². The van der Waals surface area contributed by atoms with Gasteiger partial charge in [-0.05, 0) is 12.8 Å². The van der Waals surface area contributed by atoms with E-state index < -0.39 is 0 Å². The second-order valence-electron chi connectivity index (χ2n) is 4.68. The fraction of sp³-hybridized carbons (Fsp3) is 0.727. The molecule has 1 aliphatic rings. The number of nitrogens with one attached hydrogen (secondary N) is 1. The first kappa shape index (κ1) is 10.1. The highest BCUT2D eigenvalue weighted by atomic mass is 32.1. The topological polar surface area (TPSA) is 24.9 Å². The van der Waals surface area contributed by atoms with Gasteiger partial charge in [-0.3, -0.25) is 0 Å². The lowest BCUT2D eigenvalue weighted by Crippen LogP contribution is -2.57. The van der Waals surface area contributed by atoms with Crippen LogP contribution in [0.1, 0.15) is 24.5 Å². The molecule has 0 saturated carbocycles. The molecular weight excluding hydrogens is 192 g/mol. The van der Waals surface area contributed by atoms with Gasteiger partial charge in [0.05, 0.1) is 5.01 Å². The maximum absolute atomic E-state index is 4.55. The summed E-state index contributed by atoms with van der Waals surface area (Å²) in [4.78, 5) is 4.55. The normalized spacial score (nSPS) is 19.7. The van der Waals surface area contributed by atoms with E-state index in [0.29, 0.717) is 5.41 Å². The largest absolute Gasteiger partial charge is 0.315 e. The number of aryl methyl sites for hydroxylation is 1. The third kappa shape index (κ3) is 1.71. The van der Waals surface area contributed by atoms with Crippen LogP contribution in [0.5, 0.6) is 0 Å². The van der Waals surface area contributed by atoms with Gasteiger partial charge in [0, 0.05) is 36.0 Å². The zero-order chi connectivity index (χ0) is 10.2. The molecule has 0 amide bonds. The molecular formula is C11H18N2S. The summed E-state index contributed by atoms with van der Waals surface area (Å²) in [5, 5.41) is 6.84. The quantitative estimate of drug-likeness (QED) is 0.827. The lowest BCUT2D eigenvalue weighted by atomic mass is 9.70. The molecule has 2 rings (SSSR count). The Hall–Kier alpha value is -0.410. The first-order valence-corrected chi connectivity index (χ1v) is 6.12. The van der Waals surface area contributed by atoms with Crippen LogP contribution in [0.25, 0.3) is 0 Å². The summed E-state index contributed by atoms with van der Waals surface area (Å²) in [5.74, 6) is 0.743. The molecule has 0 unspecified atom stereocenters. The standard InChI is InChI=1S/C11H18N2S/c1-8(2)11(6-12-7-11)4-10-13-9(3)5-14-10/h5,8,12H,4,6-7H2,1-3H3. The molecule has 1 aliphatic heterocycles. The van der Waals surface area contributed by atoms with E-state index in [-0.39, 0.29) is 0 Å². The highest BCUT2D eigenvalue weighted by Crippen LogP contribution is 2.36. The minimum absolute atomic E-state index is 0.476. The molecule has 78 valence electrons. The Morgan fingerprint density at radius 1 is 1.57 bits per heavy atom. The Bertz CT molecular complexity index is 313. The summed E-state index contributed by atoms with van der Waals surface area (Å²) in [7, 11) is 0. The van der Waals surface area contributed by atoms with E-state index in [9.17, 15) is 0 Å². The summed E-state index contributed by atoms with van der Waals surface area (Å²) in [6.45, 7) is 9.02. The Labute approximate surface area is 89.8 Å². The summed E-state index contributed by atoms with van der Waals surface area (Å²) in [6.07, 6.45) is 1.15. The van der Waals surface area contributed by atoms with Gasteiger partial charge in [0.1, 0.15) is 0 Å². The van der Waals surface area contributed by atoms with Gasteiger partial charge < -0.3 is 5.32 Å². The number of rotatable bonds is 3. The Morgan fingerprint density at radius 3 is 2.64 bits per heavy atom. The van der Waals surface area contributed by atoms with Crippen LogP contribution >= 0.6 is 11.3 Å². The average molecular weight is 210 g/mol. The fourth-order valence-electron chi connectivity index (χ4n) is 1.97. The van der Waals surface area contributed by atoms with Crippen molar-refractivity contribution in [1.82, 2.24) is 10.3 Å². The molecule has 1 saturated heterocycles. The van der Waals surface area contributed by atoms with Crippen molar-refractivity contribution in [2.45, 2.75) is 27.2 Å². The molecule has 0 aliphatic carbocycles. The van der Waals surface area contributed by atoms with Crippen LogP contribution in [0.2, 0.25) is 0 Å². The molecule has 0 radical (unpaired) electrons. The van der Waals surface area contributed by atoms with Gasteiger partial charge in [0.25, 0.3) is 0 Å². The average Bonchev–Trinajstić information content (AvgIpc) is 2.43. The second kappa shape index (κ2) is 3.63. The molecule has 2 nitrogen and oxygen atoms in total. The second-order valence-corrected chi connectivity index (χ2v) is 5.62. The number of hydrogen-bond donors (Lipinski definition) is 1. The zero-order valence-corrected chi connectivity index (χ0v) is 9.95. The van der Waals surface area contributed by atoms with Crippen LogP contribution in [0.4, 0.5) is 0 Å². The summed E-state index contributed by atoms with van der Waals surface area (Å²) in [6, 6.07) is 0. The van der Waals surface area contributed by atoms with Gasteiger partial charge >= 0.3 is 0 Å². The molecule has 0 aromatic carbocycles. The van der Waals surface area contributed by atoms with Crippen LogP contribution < -0.4 is 5.32 Å². The Kier molecular flexibility index (Phi) is 2.62. The number of nitrogens with zero attached hydrogens (tertiary/aromatic N) is 1. The van der Waals surface area contributed by atoms with E-state index >= 15 is 0 Å². The van der Waals surface area contributed by atoms with E-state index in [1.807, 2.05) is 0 Å². The smallest absolute Gasteiger partial charge is 0.0934 e. The predicted molar refractivity (Wildman–Crippen MR) is 60.7 cm³/mol. The molecule has 2 heterocycles. The maximum Gasteiger partial charge on any atom is 0.0934 e. The molecule has 0 spiro atoms. The van der Waals surface area contributed by atoms with Crippen LogP contribution in [-0.4, -0.2) is 18.1 Å².